The number of aliphatic hydroxyl groups excluding tert-OH is 1. The molecule has 1 N–H and O–H groups in total. The molecule has 122 valence electrons. The van der Waals surface area contributed by atoms with Gasteiger partial charge in [-0.05, 0) is 26.8 Å². The standard InChI is InChI=1S/C17H18ClNO4/c1-10(16(21)22-17(2,3)4)15(20)14-9-13(19-23-14)11-7-5-6-8-12(11)18/h5-9,15,20H,1H2,2-4H3. The predicted octanol–water partition coefficient (Wildman–Crippen LogP) is 3.93. The Morgan fingerprint density at radius 3 is 2.65 bits per heavy atom. The highest BCUT2D eigenvalue weighted by Gasteiger charge is 2.27. The normalized spacial score (nSPS) is 12.7. The second-order valence-corrected chi connectivity index (χ2v) is 6.43. The van der Waals surface area contributed by atoms with Crippen LogP contribution in [0.5, 0.6) is 0 Å². The third-order valence-corrected chi connectivity index (χ3v) is 3.27. The molecular formula is C17H18ClNO4. The van der Waals surface area contributed by atoms with E-state index in [0.29, 0.717) is 16.3 Å². The number of hydrogen-bond donors (Lipinski definition) is 1. The van der Waals surface area contributed by atoms with E-state index in [1.54, 1.807) is 39.0 Å². The van der Waals surface area contributed by atoms with Gasteiger partial charge in [-0.15, -0.1) is 0 Å². The van der Waals surface area contributed by atoms with Crippen LogP contribution in [0.15, 0.2) is 47.0 Å². The van der Waals surface area contributed by atoms with Crippen molar-refractivity contribution in [3.63, 3.8) is 0 Å². The molecule has 1 aromatic heterocycles. The molecule has 1 unspecified atom stereocenters. The summed E-state index contributed by atoms with van der Waals surface area (Å²) in [7, 11) is 0. The van der Waals surface area contributed by atoms with E-state index in [2.05, 4.69) is 11.7 Å². The van der Waals surface area contributed by atoms with Crippen molar-refractivity contribution in [3.8, 4) is 11.3 Å². The average molecular weight is 336 g/mol. The van der Waals surface area contributed by atoms with E-state index in [-0.39, 0.29) is 11.3 Å². The molecule has 0 fully saturated rings. The number of carbonyl (C=O) groups excluding carboxylic acids is 1. The van der Waals surface area contributed by atoms with Crippen molar-refractivity contribution >= 4 is 17.6 Å². The maximum Gasteiger partial charge on any atom is 0.337 e. The Bertz CT molecular complexity index is 730. The van der Waals surface area contributed by atoms with Gasteiger partial charge in [0.05, 0.1) is 10.6 Å². The summed E-state index contributed by atoms with van der Waals surface area (Å²) < 4.78 is 10.3. The second kappa shape index (κ2) is 6.56. The number of nitrogens with zero attached hydrogens (tertiary/aromatic N) is 1. The summed E-state index contributed by atoms with van der Waals surface area (Å²) in [5.41, 5.74) is 0.326. The summed E-state index contributed by atoms with van der Waals surface area (Å²) in [6.45, 7) is 8.77. The first-order valence-corrected chi connectivity index (χ1v) is 7.38. The van der Waals surface area contributed by atoms with Crippen molar-refractivity contribution in [2.75, 3.05) is 0 Å². The molecule has 2 rings (SSSR count). The van der Waals surface area contributed by atoms with Crippen LogP contribution in [0.3, 0.4) is 0 Å². The average Bonchev–Trinajstić information content (AvgIpc) is 2.94. The highest BCUT2D eigenvalue weighted by atomic mass is 35.5. The van der Waals surface area contributed by atoms with Crippen LogP contribution in [0, 0.1) is 0 Å². The Morgan fingerprint density at radius 2 is 2.04 bits per heavy atom. The van der Waals surface area contributed by atoms with Crippen molar-refractivity contribution in [1.82, 2.24) is 5.16 Å². The molecule has 0 aliphatic rings. The van der Waals surface area contributed by atoms with Crippen LogP contribution in [0.2, 0.25) is 5.02 Å². The summed E-state index contributed by atoms with van der Waals surface area (Å²) in [6, 6.07) is 8.62. The third-order valence-electron chi connectivity index (χ3n) is 2.94. The van der Waals surface area contributed by atoms with Crippen molar-refractivity contribution < 1.29 is 19.2 Å². The molecule has 0 saturated carbocycles. The van der Waals surface area contributed by atoms with Gasteiger partial charge in [0, 0.05) is 11.6 Å². The maximum atomic E-state index is 11.9. The molecule has 0 aliphatic carbocycles. The van der Waals surface area contributed by atoms with Gasteiger partial charge in [0.25, 0.3) is 0 Å². The molecule has 5 nitrogen and oxygen atoms in total. The molecule has 23 heavy (non-hydrogen) atoms. The summed E-state index contributed by atoms with van der Waals surface area (Å²) >= 11 is 6.10. The van der Waals surface area contributed by atoms with E-state index in [9.17, 15) is 9.90 Å². The minimum atomic E-state index is -1.34. The Hall–Kier alpha value is -2.11. The Balaban J connectivity index is 2.18. The topological polar surface area (TPSA) is 72.6 Å². The van der Waals surface area contributed by atoms with Gasteiger partial charge in [-0.2, -0.15) is 0 Å². The number of aromatic nitrogens is 1. The van der Waals surface area contributed by atoms with Gasteiger partial charge in [0.1, 0.15) is 17.4 Å². The second-order valence-electron chi connectivity index (χ2n) is 6.02. The lowest BCUT2D eigenvalue weighted by Gasteiger charge is -2.21. The fourth-order valence-corrected chi connectivity index (χ4v) is 2.07. The van der Waals surface area contributed by atoms with Crippen molar-refractivity contribution in [3.05, 3.63) is 53.3 Å². The van der Waals surface area contributed by atoms with Gasteiger partial charge in [0.15, 0.2) is 5.76 Å². The van der Waals surface area contributed by atoms with E-state index < -0.39 is 17.7 Å². The van der Waals surface area contributed by atoms with Gasteiger partial charge in [-0.1, -0.05) is 41.5 Å². The Labute approximate surface area is 139 Å². The summed E-state index contributed by atoms with van der Waals surface area (Å²) in [5.74, 6) is -0.600. The fraction of sp³-hybridized carbons (Fsp3) is 0.294. The van der Waals surface area contributed by atoms with Crippen LogP contribution in [0.1, 0.15) is 32.6 Å². The Morgan fingerprint density at radius 1 is 1.39 bits per heavy atom. The number of rotatable bonds is 4. The third kappa shape index (κ3) is 4.21. The number of carbonyl (C=O) groups is 1. The lowest BCUT2D eigenvalue weighted by molar-refractivity contribution is -0.151. The highest BCUT2D eigenvalue weighted by Crippen LogP contribution is 2.30. The molecule has 1 aromatic carbocycles. The predicted molar refractivity (Wildman–Crippen MR) is 86.9 cm³/mol. The fourth-order valence-electron chi connectivity index (χ4n) is 1.84. The van der Waals surface area contributed by atoms with E-state index in [1.165, 1.54) is 6.07 Å². The van der Waals surface area contributed by atoms with E-state index >= 15 is 0 Å². The number of esters is 1. The number of aliphatic hydroxyl groups is 1. The lowest BCUT2D eigenvalue weighted by Crippen LogP contribution is -2.26. The minimum absolute atomic E-state index is 0.0933. The van der Waals surface area contributed by atoms with Crippen LogP contribution in [0.4, 0.5) is 0 Å². The molecule has 0 bridgehead atoms. The molecule has 0 aliphatic heterocycles. The summed E-state index contributed by atoms with van der Waals surface area (Å²) in [4.78, 5) is 11.9. The number of halogens is 1. The van der Waals surface area contributed by atoms with Crippen LogP contribution in [0.25, 0.3) is 11.3 Å². The maximum absolute atomic E-state index is 11.9. The van der Waals surface area contributed by atoms with Crippen LogP contribution >= 0.6 is 11.6 Å². The van der Waals surface area contributed by atoms with Gasteiger partial charge in [-0.25, -0.2) is 4.79 Å². The largest absolute Gasteiger partial charge is 0.457 e. The SMILES string of the molecule is C=C(C(=O)OC(C)(C)C)C(O)c1cc(-c2ccccc2Cl)no1. The van der Waals surface area contributed by atoms with Crippen LogP contribution in [-0.2, 0) is 9.53 Å². The number of benzene rings is 1. The monoisotopic (exact) mass is 335 g/mol. The van der Waals surface area contributed by atoms with Crippen molar-refractivity contribution in [2.24, 2.45) is 0 Å². The molecule has 2 aromatic rings. The zero-order chi connectivity index (χ0) is 17.2. The van der Waals surface area contributed by atoms with Gasteiger partial charge >= 0.3 is 5.97 Å². The number of ether oxygens (including phenoxy) is 1. The lowest BCUT2D eigenvalue weighted by atomic mass is 10.1. The van der Waals surface area contributed by atoms with E-state index in [0.717, 1.165) is 0 Å². The smallest absolute Gasteiger partial charge is 0.337 e. The molecule has 0 spiro atoms. The van der Waals surface area contributed by atoms with Gasteiger partial charge < -0.3 is 14.4 Å². The van der Waals surface area contributed by atoms with E-state index in [4.69, 9.17) is 20.9 Å². The number of hydrogen-bond acceptors (Lipinski definition) is 5. The quantitative estimate of drug-likeness (QED) is 0.677. The van der Waals surface area contributed by atoms with Crippen molar-refractivity contribution in [2.45, 2.75) is 32.5 Å². The van der Waals surface area contributed by atoms with E-state index in [1.807, 2.05) is 6.07 Å². The van der Waals surface area contributed by atoms with Gasteiger partial charge in [0.2, 0.25) is 0 Å². The first-order valence-electron chi connectivity index (χ1n) is 7.01. The van der Waals surface area contributed by atoms with Crippen LogP contribution in [-0.4, -0.2) is 21.8 Å². The first kappa shape index (κ1) is 17.2. The zero-order valence-electron chi connectivity index (χ0n) is 13.2. The Kier molecular flexibility index (Phi) is 4.92. The zero-order valence-corrected chi connectivity index (χ0v) is 13.9. The molecule has 1 atom stereocenters. The van der Waals surface area contributed by atoms with Crippen molar-refractivity contribution in [1.29, 1.82) is 0 Å². The first-order chi connectivity index (χ1) is 10.7. The molecule has 0 amide bonds. The minimum Gasteiger partial charge on any atom is -0.457 e. The molecule has 1 heterocycles. The molecule has 0 saturated heterocycles. The summed E-state index contributed by atoms with van der Waals surface area (Å²) in [5, 5.41) is 14.6. The van der Waals surface area contributed by atoms with Gasteiger partial charge in [-0.3, -0.25) is 0 Å². The van der Waals surface area contributed by atoms with Crippen LogP contribution < -0.4 is 0 Å². The molecule has 0 radical (unpaired) electrons. The summed E-state index contributed by atoms with van der Waals surface area (Å²) in [6.07, 6.45) is -1.34. The molecular weight excluding hydrogens is 318 g/mol. The highest BCUT2D eigenvalue weighted by molar-refractivity contribution is 6.33. The molecule has 6 heteroatoms.